The molecule has 29 heavy (non-hydrogen) atoms. The summed E-state index contributed by atoms with van der Waals surface area (Å²) in [6.07, 6.45) is 6.07. The fourth-order valence-electron chi connectivity index (χ4n) is 4.15. The molecule has 0 radical (unpaired) electrons. The van der Waals surface area contributed by atoms with Gasteiger partial charge in [0.1, 0.15) is 5.75 Å². The zero-order chi connectivity index (χ0) is 20.2. The third-order valence-corrected chi connectivity index (χ3v) is 5.71. The predicted octanol–water partition coefficient (Wildman–Crippen LogP) is 2.04. The number of hydrogen-bond donors (Lipinski definition) is 3. The average Bonchev–Trinajstić information content (AvgIpc) is 2.73. The molecule has 3 heterocycles. The van der Waals surface area contributed by atoms with Crippen molar-refractivity contribution >= 4 is 11.9 Å². The highest BCUT2D eigenvalue weighted by Crippen LogP contribution is 2.30. The first-order valence-electron chi connectivity index (χ1n) is 10.2. The Kier molecular flexibility index (Phi) is 6.08. The van der Waals surface area contributed by atoms with Crippen LogP contribution in [0.3, 0.4) is 0 Å². The molecular formula is C22H29N5O2. The summed E-state index contributed by atoms with van der Waals surface area (Å²) in [7, 11) is 3.98. The molecule has 4 rings (SSSR count). The molecule has 1 aromatic carbocycles. The number of phenolic OH excluding ortho intramolecular Hbond substituents is 1. The Labute approximate surface area is 171 Å². The standard InChI is InChI=1S/C22H29N5O2/c1-23-9-3-4-15-5-6-19(21(28)10-15)20-7-8-22(26-25-20)27(2)18-11-16-13-29-14-17(12-18)24-16/h3-8,10,16-18,23-24,28H,9,11-14H2,1-2H3/b4-3+. The molecule has 2 unspecified atom stereocenters. The molecule has 154 valence electrons. The lowest BCUT2D eigenvalue weighted by atomic mass is 9.92. The van der Waals surface area contributed by atoms with Crippen LogP contribution >= 0.6 is 0 Å². The second-order valence-corrected chi connectivity index (χ2v) is 7.85. The number of anilines is 1. The van der Waals surface area contributed by atoms with Crippen LogP contribution in [0, 0.1) is 0 Å². The zero-order valence-electron chi connectivity index (χ0n) is 17.0. The Hall–Kier alpha value is -2.48. The quantitative estimate of drug-likeness (QED) is 0.690. The lowest BCUT2D eigenvalue weighted by Crippen LogP contribution is -2.58. The molecule has 2 atom stereocenters. The van der Waals surface area contributed by atoms with E-state index in [1.165, 1.54) is 0 Å². The van der Waals surface area contributed by atoms with Gasteiger partial charge in [0, 0.05) is 37.3 Å². The molecule has 3 N–H and O–H groups in total. The fourth-order valence-corrected chi connectivity index (χ4v) is 4.15. The number of hydrogen-bond acceptors (Lipinski definition) is 7. The van der Waals surface area contributed by atoms with Gasteiger partial charge in [0.2, 0.25) is 0 Å². The number of likely N-dealkylation sites (N-methyl/N-ethyl adjacent to an activating group) is 1. The van der Waals surface area contributed by atoms with Crippen molar-refractivity contribution in [2.75, 3.05) is 38.8 Å². The molecule has 0 amide bonds. The van der Waals surface area contributed by atoms with E-state index in [-0.39, 0.29) is 5.75 Å². The first-order valence-corrected chi connectivity index (χ1v) is 10.2. The van der Waals surface area contributed by atoms with Gasteiger partial charge >= 0.3 is 0 Å². The molecule has 7 nitrogen and oxygen atoms in total. The van der Waals surface area contributed by atoms with Crippen LogP contribution in [0.15, 0.2) is 36.4 Å². The number of piperidine rings is 1. The van der Waals surface area contributed by atoms with E-state index in [2.05, 4.69) is 32.8 Å². The molecule has 2 saturated heterocycles. The topological polar surface area (TPSA) is 82.5 Å². The van der Waals surface area contributed by atoms with Crippen LogP contribution in [0.1, 0.15) is 18.4 Å². The molecular weight excluding hydrogens is 366 g/mol. The maximum atomic E-state index is 10.4. The van der Waals surface area contributed by atoms with Crippen LogP contribution in [0.4, 0.5) is 5.82 Å². The molecule has 2 aliphatic heterocycles. The SMILES string of the molecule is CNC/C=C/c1ccc(-c2ccc(N(C)C3CC4COCC(C3)N4)nn2)c(O)c1. The van der Waals surface area contributed by atoms with E-state index in [0.29, 0.717) is 29.4 Å². The molecule has 2 aliphatic rings. The van der Waals surface area contributed by atoms with Gasteiger partial charge in [0.15, 0.2) is 5.82 Å². The largest absolute Gasteiger partial charge is 0.507 e. The van der Waals surface area contributed by atoms with E-state index < -0.39 is 0 Å². The third kappa shape index (κ3) is 4.58. The Morgan fingerprint density at radius 3 is 2.66 bits per heavy atom. The van der Waals surface area contributed by atoms with Crippen molar-refractivity contribution in [1.29, 1.82) is 0 Å². The first-order chi connectivity index (χ1) is 14.1. The highest BCUT2D eigenvalue weighted by Gasteiger charge is 2.34. The summed E-state index contributed by atoms with van der Waals surface area (Å²) < 4.78 is 5.64. The number of nitrogens with zero attached hydrogens (tertiary/aromatic N) is 3. The third-order valence-electron chi connectivity index (χ3n) is 5.71. The number of aromatic nitrogens is 2. The highest BCUT2D eigenvalue weighted by atomic mass is 16.5. The molecule has 1 aromatic heterocycles. The number of nitrogens with one attached hydrogen (secondary N) is 2. The summed E-state index contributed by atoms with van der Waals surface area (Å²) >= 11 is 0. The van der Waals surface area contributed by atoms with Gasteiger partial charge < -0.3 is 25.4 Å². The van der Waals surface area contributed by atoms with Crippen LogP contribution in [0.25, 0.3) is 17.3 Å². The highest BCUT2D eigenvalue weighted by molar-refractivity contribution is 5.70. The first kappa shape index (κ1) is 19.8. The normalized spacial score (nSPS) is 24.0. The molecule has 0 aliphatic carbocycles. The minimum absolute atomic E-state index is 0.207. The van der Waals surface area contributed by atoms with Crippen LogP contribution < -0.4 is 15.5 Å². The Balaban J connectivity index is 1.46. The van der Waals surface area contributed by atoms with E-state index in [1.807, 2.05) is 43.5 Å². The summed E-state index contributed by atoms with van der Waals surface area (Å²) in [6, 6.07) is 10.8. The van der Waals surface area contributed by atoms with Gasteiger partial charge in [-0.25, -0.2) is 0 Å². The molecule has 2 fully saturated rings. The van der Waals surface area contributed by atoms with Gasteiger partial charge in [-0.3, -0.25) is 0 Å². The Morgan fingerprint density at radius 1 is 1.21 bits per heavy atom. The van der Waals surface area contributed by atoms with Gasteiger partial charge in [0.25, 0.3) is 0 Å². The minimum Gasteiger partial charge on any atom is -0.507 e. The van der Waals surface area contributed by atoms with Crippen molar-refractivity contribution < 1.29 is 9.84 Å². The van der Waals surface area contributed by atoms with Crippen LogP contribution in [0.2, 0.25) is 0 Å². The van der Waals surface area contributed by atoms with Crippen molar-refractivity contribution in [3.8, 4) is 17.0 Å². The monoisotopic (exact) mass is 395 g/mol. The van der Waals surface area contributed by atoms with E-state index in [4.69, 9.17) is 4.74 Å². The van der Waals surface area contributed by atoms with Crippen LogP contribution in [-0.2, 0) is 4.74 Å². The molecule has 0 saturated carbocycles. The smallest absolute Gasteiger partial charge is 0.151 e. The summed E-state index contributed by atoms with van der Waals surface area (Å²) in [5.74, 6) is 1.06. The average molecular weight is 396 g/mol. The maximum Gasteiger partial charge on any atom is 0.151 e. The number of phenols is 1. The van der Waals surface area contributed by atoms with E-state index in [1.54, 1.807) is 6.07 Å². The maximum absolute atomic E-state index is 10.4. The number of rotatable bonds is 6. The summed E-state index contributed by atoms with van der Waals surface area (Å²) in [4.78, 5) is 2.22. The number of ether oxygens (including phenoxy) is 1. The van der Waals surface area contributed by atoms with Crippen molar-refractivity contribution in [3.05, 3.63) is 42.0 Å². The molecule has 2 bridgehead atoms. The van der Waals surface area contributed by atoms with Gasteiger partial charge in [0.05, 0.1) is 18.9 Å². The van der Waals surface area contributed by atoms with E-state index in [0.717, 1.165) is 44.0 Å². The lowest BCUT2D eigenvalue weighted by molar-refractivity contribution is 0.0183. The molecule has 0 spiro atoms. The minimum atomic E-state index is 0.207. The number of fused-ring (bicyclic) bond motifs is 2. The second kappa shape index (κ2) is 8.90. The van der Waals surface area contributed by atoms with E-state index in [9.17, 15) is 5.11 Å². The van der Waals surface area contributed by atoms with E-state index >= 15 is 0 Å². The lowest BCUT2D eigenvalue weighted by Gasteiger charge is -2.43. The molecule has 7 heteroatoms. The van der Waals surface area contributed by atoms with Crippen molar-refractivity contribution in [3.63, 3.8) is 0 Å². The zero-order valence-corrected chi connectivity index (χ0v) is 17.0. The fraction of sp³-hybridized carbons (Fsp3) is 0.455. The Bertz CT molecular complexity index is 843. The Morgan fingerprint density at radius 2 is 2.00 bits per heavy atom. The van der Waals surface area contributed by atoms with Crippen molar-refractivity contribution in [2.45, 2.75) is 31.0 Å². The number of morpholine rings is 1. The van der Waals surface area contributed by atoms with Gasteiger partial charge in [-0.15, -0.1) is 10.2 Å². The van der Waals surface area contributed by atoms with Crippen molar-refractivity contribution in [2.24, 2.45) is 0 Å². The number of benzene rings is 1. The predicted molar refractivity (Wildman–Crippen MR) is 115 cm³/mol. The summed E-state index contributed by atoms with van der Waals surface area (Å²) in [6.45, 7) is 2.35. The van der Waals surface area contributed by atoms with Crippen LogP contribution in [-0.4, -0.2) is 67.3 Å². The summed E-state index contributed by atoms with van der Waals surface area (Å²) in [5.41, 5.74) is 2.30. The van der Waals surface area contributed by atoms with Gasteiger partial charge in [-0.1, -0.05) is 18.2 Å². The number of aromatic hydroxyl groups is 1. The van der Waals surface area contributed by atoms with Crippen molar-refractivity contribution in [1.82, 2.24) is 20.8 Å². The van der Waals surface area contributed by atoms with Crippen LogP contribution in [0.5, 0.6) is 5.75 Å². The van der Waals surface area contributed by atoms with Gasteiger partial charge in [-0.2, -0.15) is 0 Å². The molecule has 2 aromatic rings. The summed E-state index contributed by atoms with van der Waals surface area (Å²) in [5, 5.41) is 25.9. The van der Waals surface area contributed by atoms with Gasteiger partial charge in [-0.05, 0) is 49.7 Å². The second-order valence-electron chi connectivity index (χ2n) is 7.85.